The van der Waals surface area contributed by atoms with Gasteiger partial charge >= 0.3 is 12.1 Å². The fourth-order valence-electron chi connectivity index (χ4n) is 4.39. The maximum absolute atomic E-state index is 12.6. The summed E-state index contributed by atoms with van der Waals surface area (Å²) in [5.74, 6) is 0.687. The van der Waals surface area contributed by atoms with Crippen LogP contribution in [0, 0.1) is 5.92 Å². The molecule has 11 heteroatoms. The van der Waals surface area contributed by atoms with Crippen LogP contribution in [-0.4, -0.2) is 63.8 Å². The van der Waals surface area contributed by atoms with Crippen molar-refractivity contribution in [3.05, 3.63) is 47.3 Å². The maximum Gasteiger partial charge on any atom is 0.410 e. The molecule has 0 spiro atoms. The monoisotopic (exact) mass is 580 g/mol. The summed E-state index contributed by atoms with van der Waals surface area (Å²) in [4.78, 5) is 26.3. The summed E-state index contributed by atoms with van der Waals surface area (Å²) in [7, 11) is -2.58. The lowest BCUT2D eigenvalue weighted by molar-refractivity contribution is -0.142. The van der Waals surface area contributed by atoms with Crippen LogP contribution in [-0.2, 0) is 30.7 Å². The Morgan fingerprint density at radius 2 is 1.79 bits per heavy atom. The number of piperidine rings is 1. The van der Waals surface area contributed by atoms with Crippen LogP contribution in [0.1, 0.15) is 58.4 Å². The summed E-state index contributed by atoms with van der Waals surface area (Å²) >= 11 is 1.08. The van der Waals surface area contributed by atoms with E-state index in [9.17, 15) is 18.0 Å². The zero-order chi connectivity index (χ0) is 28.5. The molecule has 1 fully saturated rings. The minimum absolute atomic E-state index is 0.145. The summed E-state index contributed by atoms with van der Waals surface area (Å²) < 4.78 is 43.9. The lowest BCUT2D eigenvalue weighted by Crippen LogP contribution is -2.42. The number of sulfonamides is 1. The van der Waals surface area contributed by atoms with Gasteiger partial charge in [-0.1, -0.05) is 24.6 Å². The van der Waals surface area contributed by atoms with Crippen LogP contribution in [0.2, 0.25) is 0 Å². The second-order valence-corrected chi connectivity index (χ2v) is 13.6. The molecule has 3 rings (SSSR count). The van der Waals surface area contributed by atoms with E-state index >= 15 is 0 Å². The Labute approximate surface area is 235 Å². The molecule has 39 heavy (non-hydrogen) atoms. The molecule has 0 saturated carbocycles. The van der Waals surface area contributed by atoms with Crippen molar-refractivity contribution in [1.82, 2.24) is 9.62 Å². The smallest absolute Gasteiger partial charge is 0.410 e. The van der Waals surface area contributed by atoms with E-state index < -0.39 is 27.6 Å². The first-order valence-corrected chi connectivity index (χ1v) is 15.7. The molecule has 2 aromatic rings. The molecule has 1 aliphatic heterocycles. The van der Waals surface area contributed by atoms with Gasteiger partial charge in [0.2, 0.25) is 0 Å². The number of esters is 1. The molecular formula is C28H40N2O7S2. The third kappa shape index (κ3) is 10.1. The summed E-state index contributed by atoms with van der Waals surface area (Å²) in [5, 5.41) is 1.66. The SMILES string of the molecule is COC(=O)C(Cc1ccc(OCCCCC2CCN(C(=O)OC(C)(C)C)CC2)cc1)NS(=O)(=O)c1cccs1. The van der Waals surface area contributed by atoms with Crippen LogP contribution in [0.4, 0.5) is 4.79 Å². The number of rotatable bonds is 12. The van der Waals surface area contributed by atoms with Crippen LogP contribution in [0.3, 0.4) is 0 Å². The third-order valence-electron chi connectivity index (χ3n) is 6.45. The quantitative estimate of drug-likeness (QED) is 0.278. The number of unbranched alkanes of at least 4 members (excludes halogenated alkanes) is 1. The van der Waals surface area contributed by atoms with Crippen molar-refractivity contribution >= 4 is 33.4 Å². The Balaban J connectivity index is 1.37. The second-order valence-electron chi connectivity index (χ2n) is 10.7. The summed E-state index contributed by atoms with van der Waals surface area (Å²) in [6.45, 7) is 7.74. The Kier molecular flexibility index (Phi) is 11.2. The highest BCUT2D eigenvalue weighted by Crippen LogP contribution is 2.24. The zero-order valence-corrected chi connectivity index (χ0v) is 24.8. The number of thiophene rings is 1. The highest BCUT2D eigenvalue weighted by molar-refractivity contribution is 7.91. The van der Waals surface area contributed by atoms with Gasteiger partial charge in [0.15, 0.2) is 0 Å². The molecule has 2 heterocycles. The van der Waals surface area contributed by atoms with Gasteiger partial charge in [-0.15, -0.1) is 11.3 Å². The summed E-state index contributed by atoms with van der Waals surface area (Å²) in [5.41, 5.74) is 0.314. The molecule has 0 aliphatic carbocycles. The van der Waals surface area contributed by atoms with Gasteiger partial charge in [0.25, 0.3) is 10.0 Å². The van der Waals surface area contributed by atoms with E-state index in [0.717, 1.165) is 67.8 Å². The summed E-state index contributed by atoms with van der Waals surface area (Å²) in [6.07, 6.45) is 5.03. The fourth-order valence-corrected chi connectivity index (χ4v) is 6.58. The molecule has 1 unspecified atom stereocenters. The van der Waals surface area contributed by atoms with Crippen LogP contribution in [0.5, 0.6) is 5.75 Å². The predicted molar refractivity (Wildman–Crippen MR) is 150 cm³/mol. The molecule has 1 atom stereocenters. The predicted octanol–water partition coefficient (Wildman–Crippen LogP) is 5.01. The van der Waals surface area contributed by atoms with Gasteiger partial charge in [0.05, 0.1) is 13.7 Å². The number of hydrogen-bond acceptors (Lipinski definition) is 8. The van der Waals surface area contributed by atoms with Gasteiger partial charge in [0, 0.05) is 13.1 Å². The zero-order valence-electron chi connectivity index (χ0n) is 23.2. The number of nitrogens with zero attached hydrogens (tertiary/aromatic N) is 1. The van der Waals surface area contributed by atoms with E-state index in [1.807, 2.05) is 45.0 Å². The number of carbonyl (C=O) groups is 2. The van der Waals surface area contributed by atoms with Crippen LogP contribution < -0.4 is 9.46 Å². The van der Waals surface area contributed by atoms with Crippen LogP contribution in [0.25, 0.3) is 0 Å². The molecule has 1 aromatic heterocycles. The van der Waals surface area contributed by atoms with E-state index in [2.05, 4.69) is 4.72 Å². The Hall–Kier alpha value is -2.63. The first-order chi connectivity index (χ1) is 18.5. The van der Waals surface area contributed by atoms with E-state index in [4.69, 9.17) is 14.2 Å². The van der Waals surface area contributed by atoms with E-state index in [0.29, 0.717) is 12.5 Å². The standard InChI is InChI=1S/C28H40N2O7S2/c1-28(2,3)37-27(32)30-16-14-21(15-17-30)8-5-6-18-36-23-12-10-22(11-13-23)20-24(26(31)35-4)29-39(33,34)25-9-7-19-38-25/h7,9-13,19,21,24,29H,5-6,8,14-18,20H2,1-4H3. The molecule has 216 valence electrons. The molecular weight excluding hydrogens is 540 g/mol. The topological polar surface area (TPSA) is 111 Å². The van der Waals surface area contributed by atoms with Gasteiger partial charge in [-0.05, 0) is 87.9 Å². The van der Waals surface area contributed by atoms with E-state index in [1.165, 1.54) is 13.2 Å². The minimum Gasteiger partial charge on any atom is -0.494 e. The van der Waals surface area contributed by atoms with Crippen molar-refractivity contribution in [2.45, 2.75) is 75.1 Å². The van der Waals surface area contributed by atoms with Crippen molar-refractivity contribution in [2.24, 2.45) is 5.92 Å². The Bertz CT molecular complexity index is 1150. The number of methoxy groups -OCH3 is 1. The lowest BCUT2D eigenvalue weighted by atomic mass is 9.92. The van der Waals surface area contributed by atoms with Crippen molar-refractivity contribution in [2.75, 3.05) is 26.8 Å². The van der Waals surface area contributed by atoms with Crippen molar-refractivity contribution in [3.63, 3.8) is 0 Å². The lowest BCUT2D eigenvalue weighted by Gasteiger charge is -2.33. The van der Waals surface area contributed by atoms with Gasteiger partial charge in [-0.2, -0.15) is 4.72 Å². The molecule has 1 aromatic carbocycles. The average Bonchev–Trinajstić information content (AvgIpc) is 3.44. The number of likely N-dealkylation sites (tertiary alicyclic amines) is 1. The molecule has 0 bridgehead atoms. The number of nitrogens with one attached hydrogen (secondary N) is 1. The number of ether oxygens (including phenoxy) is 3. The van der Waals surface area contributed by atoms with E-state index in [-0.39, 0.29) is 16.7 Å². The van der Waals surface area contributed by atoms with Crippen LogP contribution >= 0.6 is 11.3 Å². The van der Waals surface area contributed by atoms with Crippen LogP contribution in [0.15, 0.2) is 46.0 Å². The molecule has 1 saturated heterocycles. The van der Waals surface area contributed by atoms with Crippen molar-refractivity contribution in [1.29, 1.82) is 0 Å². The van der Waals surface area contributed by atoms with E-state index in [1.54, 1.807) is 16.3 Å². The fraction of sp³-hybridized carbons (Fsp3) is 0.571. The number of amides is 1. The molecule has 1 aliphatic rings. The first kappa shape index (κ1) is 30.9. The molecule has 1 N–H and O–H groups in total. The van der Waals surface area contributed by atoms with Crippen molar-refractivity contribution in [3.8, 4) is 5.75 Å². The second kappa shape index (κ2) is 14.1. The number of hydrogen-bond donors (Lipinski definition) is 1. The van der Waals surface area contributed by atoms with Crippen molar-refractivity contribution < 1.29 is 32.2 Å². The minimum atomic E-state index is -3.82. The molecule has 9 nitrogen and oxygen atoms in total. The number of carbonyl (C=O) groups excluding carboxylic acids is 2. The highest BCUT2D eigenvalue weighted by atomic mass is 32.2. The van der Waals surface area contributed by atoms with Gasteiger partial charge in [0.1, 0.15) is 21.6 Å². The summed E-state index contributed by atoms with van der Waals surface area (Å²) in [6, 6.07) is 9.38. The third-order valence-corrected chi connectivity index (χ3v) is 9.32. The van der Waals surface area contributed by atoms with Gasteiger partial charge in [-0.3, -0.25) is 4.79 Å². The van der Waals surface area contributed by atoms with Gasteiger partial charge < -0.3 is 19.1 Å². The Morgan fingerprint density at radius 3 is 2.38 bits per heavy atom. The normalized spacial score (nSPS) is 15.5. The largest absolute Gasteiger partial charge is 0.494 e. The molecule has 1 amide bonds. The maximum atomic E-state index is 12.6. The first-order valence-electron chi connectivity index (χ1n) is 13.3. The number of benzene rings is 1. The molecule has 0 radical (unpaired) electrons. The average molecular weight is 581 g/mol. The highest BCUT2D eigenvalue weighted by Gasteiger charge is 2.28. The van der Waals surface area contributed by atoms with Gasteiger partial charge in [-0.25, -0.2) is 13.2 Å². The Morgan fingerprint density at radius 1 is 1.10 bits per heavy atom.